The van der Waals surface area contributed by atoms with Crippen LogP contribution >= 0.6 is 34.2 Å². The Morgan fingerprint density at radius 2 is 1.88 bits per heavy atom. The van der Waals surface area contributed by atoms with Gasteiger partial charge in [-0.1, -0.05) is 23.7 Å². The summed E-state index contributed by atoms with van der Waals surface area (Å²) >= 11 is 8.09. The van der Waals surface area contributed by atoms with Crippen molar-refractivity contribution in [2.75, 3.05) is 0 Å². The summed E-state index contributed by atoms with van der Waals surface area (Å²) in [6, 6.07) is 9.80. The molecule has 0 aliphatic rings. The van der Waals surface area contributed by atoms with Crippen molar-refractivity contribution in [1.29, 1.82) is 0 Å². The zero-order valence-corrected chi connectivity index (χ0v) is 11.5. The summed E-state index contributed by atoms with van der Waals surface area (Å²) in [6.45, 7) is 0. The number of hydrogen-bond acceptors (Lipinski definition) is 2. The van der Waals surface area contributed by atoms with Gasteiger partial charge in [0.15, 0.2) is 5.65 Å². The molecule has 3 nitrogen and oxygen atoms in total. The van der Waals surface area contributed by atoms with Crippen LogP contribution < -0.4 is 0 Å². The molecule has 3 aromatic rings. The Kier molecular flexibility index (Phi) is 2.76. The lowest BCUT2D eigenvalue weighted by Crippen LogP contribution is -1.81. The first-order valence-corrected chi connectivity index (χ1v) is 6.45. The highest BCUT2D eigenvalue weighted by atomic mass is 127. The van der Waals surface area contributed by atoms with Crippen molar-refractivity contribution in [3.05, 3.63) is 45.3 Å². The van der Waals surface area contributed by atoms with Crippen LogP contribution in [-0.2, 0) is 0 Å². The summed E-state index contributed by atoms with van der Waals surface area (Å²) in [5, 5.41) is 8.80. The molecule has 0 unspecified atom stereocenters. The predicted molar refractivity (Wildman–Crippen MR) is 77.1 cm³/mol. The van der Waals surface area contributed by atoms with E-state index in [1.54, 1.807) is 0 Å². The van der Waals surface area contributed by atoms with E-state index in [4.69, 9.17) is 11.6 Å². The summed E-state index contributed by atoms with van der Waals surface area (Å²) in [5.41, 5.74) is 2.90. The van der Waals surface area contributed by atoms with Gasteiger partial charge in [0.25, 0.3) is 0 Å². The van der Waals surface area contributed by atoms with Crippen molar-refractivity contribution in [3.63, 3.8) is 0 Å². The third-order valence-electron chi connectivity index (χ3n) is 2.54. The molecule has 5 heteroatoms. The molecule has 0 aliphatic carbocycles. The zero-order valence-electron chi connectivity index (χ0n) is 8.61. The lowest BCUT2D eigenvalue weighted by Gasteiger charge is -2.01. The van der Waals surface area contributed by atoms with E-state index in [2.05, 4.69) is 43.8 Å². The fraction of sp³-hybridized carbons (Fsp3) is 0. The average molecular weight is 356 g/mol. The molecule has 0 saturated heterocycles. The number of hydrogen-bond donors (Lipinski definition) is 1. The standard InChI is InChI=1S/C12H7ClIN3/c13-9-3-1-7(2-4-9)8-5-10-11(14)16-17-12(10)15-6-8/h1-6H,(H,15,16,17). The van der Waals surface area contributed by atoms with Gasteiger partial charge < -0.3 is 0 Å². The zero-order chi connectivity index (χ0) is 11.8. The fourth-order valence-electron chi connectivity index (χ4n) is 1.67. The normalized spacial score (nSPS) is 10.9. The molecule has 3 rings (SSSR count). The second-order valence-electron chi connectivity index (χ2n) is 3.64. The second-order valence-corrected chi connectivity index (χ2v) is 5.15. The van der Waals surface area contributed by atoms with Gasteiger partial charge in [-0.3, -0.25) is 5.10 Å². The molecule has 0 aliphatic heterocycles. The van der Waals surface area contributed by atoms with Gasteiger partial charge in [-0.2, -0.15) is 5.10 Å². The van der Waals surface area contributed by atoms with Crippen molar-refractivity contribution in [3.8, 4) is 11.1 Å². The first kappa shape index (κ1) is 11.0. The Balaban J connectivity index is 2.17. The van der Waals surface area contributed by atoms with Crippen molar-refractivity contribution in [1.82, 2.24) is 15.2 Å². The van der Waals surface area contributed by atoms with Crippen LogP contribution in [0.3, 0.4) is 0 Å². The van der Waals surface area contributed by atoms with E-state index in [0.29, 0.717) is 0 Å². The van der Waals surface area contributed by atoms with E-state index in [9.17, 15) is 0 Å². The van der Waals surface area contributed by atoms with Crippen molar-refractivity contribution >= 4 is 45.2 Å². The monoisotopic (exact) mass is 355 g/mol. The highest BCUT2D eigenvalue weighted by Gasteiger charge is 2.06. The molecule has 0 saturated carbocycles. The van der Waals surface area contributed by atoms with Crippen molar-refractivity contribution in [2.24, 2.45) is 0 Å². The molecular formula is C12H7ClIN3. The number of H-pyrrole nitrogens is 1. The van der Waals surface area contributed by atoms with E-state index in [0.717, 1.165) is 30.9 Å². The Labute approximate surface area is 116 Å². The summed E-state index contributed by atoms with van der Waals surface area (Å²) < 4.78 is 1.00. The van der Waals surface area contributed by atoms with Crippen LogP contribution in [0.5, 0.6) is 0 Å². The van der Waals surface area contributed by atoms with Gasteiger partial charge in [0.2, 0.25) is 0 Å². The number of nitrogens with zero attached hydrogens (tertiary/aromatic N) is 2. The molecule has 0 radical (unpaired) electrons. The molecule has 0 atom stereocenters. The number of aromatic nitrogens is 3. The number of nitrogens with one attached hydrogen (secondary N) is 1. The molecule has 0 amide bonds. The molecule has 84 valence electrons. The maximum absolute atomic E-state index is 5.87. The van der Waals surface area contributed by atoms with Crippen LogP contribution in [0.1, 0.15) is 0 Å². The topological polar surface area (TPSA) is 41.6 Å². The van der Waals surface area contributed by atoms with Crippen LogP contribution in [0.2, 0.25) is 5.02 Å². The fourth-order valence-corrected chi connectivity index (χ4v) is 2.31. The largest absolute Gasteiger partial charge is 0.269 e. The van der Waals surface area contributed by atoms with E-state index in [1.807, 2.05) is 30.5 Å². The second kappa shape index (κ2) is 4.27. The lowest BCUT2D eigenvalue weighted by atomic mass is 10.1. The van der Waals surface area contributed by atoms with Crippen molar-refractivity contribution in [2.45, 2.75) is 0 Å². The van der Waals surface area contributed by atoms with Crippen LogP contribution in [-0.4, -0.2) is 15.2 Å². The molecule has 0 spiro atoms. The summed E-state index contributed by atoms with van der Waals surface area (Å²) in [4.78, 5) is 4.32. The van der Waals surface area contributed by atoms with Crippen LogP contribution in [0.25, 0.3) is 22.2 Å². The molecule has 0 fully saturated rings. The third kappa shape index (κ3) is 2.02. The van der Waals surface area contributed by atoms with Gasteiger partial charge in [0, 0.05) is 16.8 Å². The van der Waals surface area contributed by atoms with Gasteiger partial charge in [-0.15, -0.1) is 0 Å². The van der Waals surface area contributed by atoms with Gasteiger partial charge in [-0.05, 0) is 46.4 Å². The summed E-state index contributed by atoms with van der Waals surface area (Å²) in [7, 11) is 0. The molecule has 2 aromatic heterocycles. The smallest absolute Gasteiger partial charge is 0.182 e. The molecular weight excluding hydrogens is 349 g/mol. The van der Waals surface area contributed by atoms with Crippen LogP contribution in [0, 0.1) is 3.70 Å². The number of rotatable bonds is 1. The molecule has 2 heterocycles. The highest BCUT2D eigenvalue weighted by molar-refractivity contribution is 14.1. The Hall–Kier alpha value is -1.14. The quantitative estimate of drug-likeness (QED) is 0.673. The lowest BCUT2D eigenvalue weighted by molar-refractivity contribution is 1.08. The molecule has 1 N–H and O–H groups in total. The highest BCUT2D eigenvalue weighted by Crippen LogP contribution is 2.25. The van der Waals surface area contributed by atoms with Gasteiger partial charge in [0.05, 0.1) is 5.39 Å². The summed E-state index contributed by atoms with van der Waals surface area (Å²) in [6.07, 6.45) is 1.82. The number of pyridine rings is 1. The third-order valence-corrected chi connectivity index (χ3v) is 3.61. The number of aromatic amines is 1. The van der Waals surface area contributed by atoms with E-state index in [-0.39, 0.29) is 0 Å². The van der Waals surface area contributed by atoms with E-state index >= 15 is 0 Å². The van der Waals surface area contributed by atoms with Gasteiger partial charge in [0.1, 0.15) is 3.70 Å². The maximum atomic E-state index is 5.87. The van der Waals surface area contributed by atoms with Crippen LogP contribution in [0.15, 0.2) is 36.5 Å². The Morgan fingerprint density at radius 3 is 2.65 bits per heavy atom. The minimum absolute atomic E-state index is 0.737. The van der Waals surface area contributed by atoms with E-state index < -0.39 is 0 Å². The molecule has 0 bridgehead atoms. The predicted octanol–water partition coefficient (Wildman–Crippen LogP) is 3.88. The summed E-state index contributed by atoms with van der Waals surface area (Å²) in [5.74, 6) is 0. The Bertz CT molecular complexity index is 676. The number of halogens is 2. The van der Waals surface area contributed by atoms with E-state index in [1.165, 1.54) is 0 Å². The minimum Gasteiger partial charge on any atom is -0.269 e. The first-order chi connectivity index (χ1) is 8.24. The van der Waals surface area contributed by atoms with Crippen LogP contribution in [0.4, 0.5) is 0 Å². The molecule has 1 aromatic carbocycles. The molecule has 17 heavy (non-hydrogen) atoms. The minimum atomic E-state index is 0.737. The average Bonchev–Trinajstić information content (AvgIpc) is 2.72. The Morgan fingerprint density at radius 1 is 1.12 bits per heavy atom. The first-order valence-electron chi connectivity index (χ1n) is 4.99. The SMILES string of the molecule is Clc1ccc(-c2cnc3n[nH]c(I)c3c2)cc1. The maximum Gasteiger partial charge on any atom is 0.182 e. The number of benzene rings is 1. The van der Waals surface area contributed by atoms with Gasteiger partial charge >= 0.3 is 0 Å². The van der Waals surface area contributed by atoms with Crippen molar-refractivity contribution < 1.29 is 0 Å². The van der Waals surface area contributed by atoms with Gasteiger partial charge in [-0.25, -0.2) is 4.98 Å². The number of fused-ring (bicyclic) bond motifs is 1.